The van der Waals surface area contributed by atoms with Gasteiger partial charge in [0.1, 0.15) is 5.69 Å². The summed E-state index contributed by atoms with van der Waals surface area (Å²) in [4.78, 5) is 16.6. The summed E-state index contributed by atoms with van der Waals surface area (Å²) in [5, 5.41) is 4.83. The molecular weight excluding hydrogens is 288 g/mol. The number of amides is 1. The average Bonchev–Trinajstić information content (AvgIpc) is 2.59. The molecule has 0 spiro atoms. The highest BCUT2D eigenvalue weighted by molar-refractivity contribution is 6.05. The Bertz CT molecular complexity index is 666. The number of aromatic nitrogens is 1. The van der Waals surface area contributed by atoms with Crippen LogP contribution in [0.4, 0.5) is 0 Å². The van der Waals surface area contributed by atoms with Crippen molar-refractivity contribution in [3.8, 4) is 0 Å². The van der Waals surface area contributed by atoms with Crippen LogP contribution in [-0.2, 0) is 4.74 Å². The van der Waals surface area contributed by atoms with Crippen molar-refractivity contribution in [2.24, 2.45) is 5.92 Å². The number of rotatable bonds is 5. The third-order valence-electron chi connectivity index (χ3n) is 4.64. The van der Waals surface area contributed by atoms with Crippen molar-refractivity contribution >= 4 is 16.7 Å². The lowest BCUT2D eigenvalue weighted by atomic mass is 9.88. The van der Waals surface area contributed by atoms with E-state index in [9.17, 15) is 4.79 Å². The molecule has 23 heavy (non-hydrogen) atoms. The number of benzene rings is 1. The molecule has 0 saturated heterocycles. The Hall–Kier alpha value is -1.94. The van der Waals surface area contributed by atoms with Crippen molar-refractivity contribution in [3.05, 3.63) is 42.2 Å². The minimum Gasteiger partial charge on any atom is -0.376 e. The van der Waals surface area contributed by atoms with Crippen LogP contribution in [0, 0.1) is 5.92 Å². The fourth-order valence-electron chi connectivity index (χ4n) is 3.29. The van der Waals surface area contributed by atoms with Gasteiger partial charge in [0, 0.05) is 18.1 Å². The summed E-state index contributed by atoms with van der Waals surface area (Å²) in [6.07, 6.45) is 6.97. The minimum absolute atomic E-state index is 0.137. The summed E-state index contributed by atoms with van der Waals surface area (Å²) < 4.78 is 5.93. The summed E-state index contributed by atoms with van der Waals surface area (Å²) in [5.41, 5.74) is 0.481. The van der Waals surface area contributed by atoms with E-state index >= 15 is 0 Å². The zero-order valence-corrected chi connectivity index (χ0v) is 13.6. The normalized spacial score (nSPS) is 21.3. The van der Waals surface area contributed by atoms with E-state index in [1.165, 1.54) is 19.3 Å². The van der Waals surface area contributed by atoms with Crippen LogP contribution in [-0.4, -0.2) is 30.1 Å². The first-order chi connectivity index (χ1) is 11.3. The molecule has 1 aromatic carbocycles. The van der Waals surface area contributed by atoms with E-state index in [2.05, 4.69) is 17.2 Å². The molecule has 1 heterocycles. The van der Waals surface area contributed by atoms with Crippen LogP contribution in [0.5, 0.6) is 0 Å². The van der Waals surface area contributed by atoms with Gasteiger partial charge < -0.3 is 10.1 Å². The van der Waals surface area contributed by atoms with Crippen molar-refractivity contribution in [2.75, 3.05) is 13.2 Å². The van der Waals surface area contributed by atoms with Crippen molar-refractivity contribution in [2.45, 2.75) is 38.7 Å². The number of nitrogens with zero attached hydrogens (tertiary/aromatic N) is 1. The maximum absolute atomic E-state index is 12.3. The summed E-state index contributed by atoms with van der Waals surface area (Å²) in [5.74, 6) is 0.487. The van der Waals surface area contributed by atoms with E-state index in [0.29, 0.717) is 30.9 Å². The number of ether oxygens (including phenoxy) is 1. The predicted molar refractivity (Wildman–Crippen MR) is 91.4 cm³/mol. The van der Waals surface area contributed by atoms with Crippen LogP contribution in [0.25, 0.3) is 10.8 Å². The monoisotopic (exact) mass is 312 g/mol. The van der Waals surface area contributed by atoms with Gasteiger partial charge in [0.2, 0.25) is 0 Å². The molecule has 3 rings (SSSR count). The fourth-order valence-corrected chi connectivity index (χ4v) is 3.29. The molecule has 2 atom stereocenters. The van der Waals surface area contributed by atoms with Gasteiger partial charge >= 0.3 is 0 Å². The highest BCUT2D eigenvalue weighted by Crippen LogP contribution is 2.26. The summed E-state index contributed by atoms with van der Waals surface area (Å²) in [6.45, 7) is 3.33. The van der Waals surface area contributed by atoms with Crippen LogP contribution in [0.15, 0.2) is 36.5 Å². The molecule has 1 amide bonds. The first-order valence-electron chi connectivity index (χ1n) is 8.49. The molecule has 1 N–H and O–H groups in total. The number of fused-ring (bicyclic) bond motifs is 1. The molecule has 4 heteroatoms. The Balaban J connectivity index is 1.53. The number of nitrogens with one attached hydrogen (secondary N) is 1. The second-order valence-electron chi connectivity index (χ2n) is 6.31. The van der Waals surface area contributed by atoms with Gasteiger partial charge in [-0.1, -0.05) is 44.0 Å². The molecule has 0 radical (unpaired) electrons. The SMILES string of the molecule is C[C@H]1CCCC[C@@H]1OCCNC(=O)c1nccc2ccccc12. The third kappa shape index (κ3) is 3.88. The van der Waals surface area contributed by atoms with Gasteiger partial charge in [-0.15, -0.1) is 0 Å². The zero-order chi connectivity index (χ0) is 16.1. The molecule has 1 aliphatic carbocycles. The Kier molecular flexibility index (Phi) is 5.23. The number of hydrogen-bond acceptors (Lipinski definition) is 3. The van der Waals surface area contributed by atoms with E-state index in [4.69, 9.17) is 4.74 Å². The molecule has 1 aliphatic rings. The molecule has 4 nitrogen and oxygen atoms in total. The smallest absolute Gasteiger partial charge is 0.270 e. The number of hydrogen-bond donors (Lipinski definition) is 1. The molecule has 0 unspecified atom stereocenters. The molecule has 1 saturated carbocycles. The third-order valence-corrected chi connectivity index (χ3v) is 4.64. The largest absolute Gasteiger partial charge is 0.376 e. The second-order valence-corrected chi connectivity index (χ2v) is 6.31. The highest BCUT2D eigenvalue weighted by Gasteiger charge is 2.21. The van der Waals surface area contributed by atoms with Crippen LogP contribution in [0.3, 0.4) is 0 Å². The summed E-state index contributed by atoms with van der Waals surface area (Å²) >= 11 is 0. The van der Waals surface area contributed by atoms with Crippen molar-refractivity contribution in [1.82, 2.24) is 10.3 Å². The van der Waals surface area contributed by atoms with Gasteiger partial charge in [-0.25, -0.2) is 0 Å². The summed E-state index contributed by atoms with van der Waals surface area (Å²) in [7, 11) is 0. The Morgan fingerprint density at radius 1 is 1.26 bits per heavy atom. The number of pyridine rings is 1. The lowest BCUT2D eigenvalue weighted by Crippen LogP contribution is -2.32. The van der Waals surface area contributed by atoms with Crippen LogP contribution in [0.1, 0.15) is 43.1 Å². The molecule has 2 aromatic rings. The van der Waals surface area contributed by atoms with Gasteiger partial charge in [-0.05, 0) is 30.2 Å². The van der Waals surface area contributed by atoms with Crippen LogP contribution in [0.2, 0.25) is 0 Å². The quantitative estimate of drug-likeness (QED) is 0.859. The van der Waals surface area contributed by atoms with Crippen molar-refractivity contribution in [1.29, 1.82) is 0 Å². The molecule has 1 aromatic heterocycles. The average molecular weight is 312 g/mol. The Morgan fingerprint density at radius 3 is 2.96 bits per heavy atom. The molecule has 1 fully saturated rings. The van der Waals surface area contributed by atoms with Crippen molar-refractivity contribution in [3.63, 3.8) is 0 Å². The van der Waals surface area contributed by atoms with E-state index in [1.54, 1.807) is 6.20 Å². The van der Waals surface area contributed by atoms with E-state index < -0.39 is 0 Å². The molecule has 122 valence electrons. The highest BCUT2D eigenvalue weighted by atomic mass is 16.5. The predicted octanol–water partition coefficient (Wildman–Crippen LogP) is 3.56. The topological polar surface area (TPSA) is 51.2 Å². The van der Waals surface area contributed by atoms with Gasteiger partial charge in [-0.3, -0.25) is 9.78 Å². The fraction of sp³-hybridized carbons (Fsp3) is 0.474. The van der Waals surface area contributed by atoms with Crippen LogP contribution >= 0.6 is 0 Å². The van der Waals surface area contributed by atoms with Gasteiger partial charge in [0.25, 0.3) is 5.91 Å². The van der Waals surface area contributed by atoms with Gasteiger partial charge in [0.05, 0.1) is 12.7 Å². The van der Waals surface area contributed by atoms with Gasteiger partial charge in [-0.2, -0.15) is 0 Å². The van der Waals surface area contributed by atoms with Gasteiger partial charge in [0.15, 0.2) is 0 Å². The zero-order valence-electron chi connectivity index (χ0n) is 13.6. The molecule has 0 aliphatic heterocycles. The number of carbonyl (C=O) groups is 1. The molecular formula is C19H24N2O2. The first kappa shape index (κ1) is 15.9. The minimum atomic E-state index is -0.137. The van der Waals surface area contributed by atoms with Crippen molar-refractivity contribution < 1.29 is 9.53 Å². The first-order valence-corrected chi connectivity index (χ1v) is 8.49. The maximum atomic E-state index is 12.3. The Morgan fingerprint density at radius 2 is 2.09 bits per heavy atom. The number of carbonyl (C=O) groups excluding carboxylic acids is 1. The lowest BCUT2D eigenvalue weighted by Gasteiger charge is -2.28. The standard InChI is InChI=1S/C19H24N2O2/c1-14-6-2-5-9-17(14)23-13-12-21-19(22)18-16-8-4-3-7-15(16)10-11-20-18/h3-4,7-8,10-11,14,17H,2,5-6,9,12-13H2,1H3,(H,21,22)/t14-,17-/m0/s1. The van der Waals surface area contributed by atoms with E-state index in [1.807, 2.05) is 30.3 Å². The second kappa shape index (κ2) is 7.55. The molecule has 0 bridgehead atoms. The summed E-state index contributed by atoms with van der Waals surface area (Å²) in [6, 6.07) is 9.72. The Labute approximate surface area is 137 Å². The van der Waals surface area contributed by atoms with E-state index in [-0.39, 0.29) is 5.91 Å². The maximum Gasteiger partial charge on any atom is 0.270 e. The lowest BCUT2D eigenvalue weighted by molar-refractivity contribution is -0.00294. The van der Waals surface area contributed by atoms with Crippen LogP contribution < -0.4 is 5.32 Å². The van der Waals surface area contributed by atoms with E-state index in [0.717, 1.165) is 17.2 Å².